The van der Waals surface area contributed by atoms with E-state index in [2.05, 4.69) is 5.32 Å². The first-order valence-electron chi connectivity index (χ1n) is 9.13. The zero-order valence-electron chi connectivity index (χ0n) is 15.9. The topological polar surface area (TPSA) is 61.9 Å². The number of carbonyl (C=O) groups excluding carboxylic acids is 2. The molecule has 3 saturated heterocycles. The SMILES string of the molecule is CC1(C)OC2(CCCN(C(=O)C3(F)CCN(C(C)(C)C)C3)C2)NC1=O. The second kappa shape index (κ2) is 5.64. The second-order valence-corrected chi connectivity index (χ2v) is 9.20. The molecule has 3 aliphatic heterocycles. The maximum absolute atomic E-state index is 15.4. The fraction of sp³-hybridized carbons (Fsp3) is 0.889. The summed E-state index contributed by atoms with van der Waals surface area (Å²) in [7, 11) is 0. The Morgan fingerprint density at radius 3 is 2.40 bits per heavy atom. The number of hydrogen-bond donors (Lipinski definition) is 1. The van der Waals surface area contributed by atoms with E-state index >= 15 is 4.39 Å². The average molecular weight is 355 g/mol. The fourth-order valence-corrected chi connectivity index (χ4v) is 4.10. The molecule has 25 heavy (non-hydrogen) atoms. The third-order valence-electron chi connectivity index (χ3n) is 5.63. The van der Waals surface area contributed by atoms with E-state index in [1.807, 2.05) is 25.7 Å². The number of ether oxygens (including phenoxy) is 1. The summed E-state index contributed by atoms with van der Waals surface area (Å²) in [5, 5.41) is 2.89. The first-order chi connectivity index (χ1) is 11.4. The molecule has 0 aromatic heterocycles. The number of nitrogens with zero attached hydrogens (tertiary/aromatic N) is 2. The highest BCUT2D eigenvalue weighted by Crippen LogP contribution is 2.37. The van der Waals surface area contributed by atoms with Gasteiger partial charge in [0.25, 0.3) is 11.8 Å². The first-order valence-corrected chi connectivity index (χ1v) is 9.13. The van der Waals surface area contributed by atoms with E-state index in [1.54, 1.807) is 13.8 Å². The number of alkyl halides is 1. The van der Waals surface area contributed by atoms with Crippen molar-refractivity contribution < 1.29 is 18.7 Å². The molecule has 0 saturated carbocycles. The standard InChI is InChI=1S/C18H30FN3O3/c1-15(2,3)22-10-8-17(19,11-22)14(24)21-9-6-7-18(12-21)20-13(23)16(4,5)25-18/h6-12H2,1-5H3,(H,20,23). The molecule has 0 aromatic carbocycles. The molecule has 3 heterocycles. The molecular formula is C18H30FN3O3. The van der Waals surface area contributed by atoms with Crippen LogP contribution in [0.4, 0.5) is 4.39 Å². The minimum atomic E-state index is -1.86. The Kier molecular flexibility index (Phi) is 4.19. The summed E-state index contributed by atoms with van der Waals surface area (Å²) in [6.07, 6.45) is 1.53. The number of halogens is 1. The molecule has 1 N–H and O–H groups in total. The summed E-state index contributed by atoms with van der Waals surface area (Å²) >= 11 is 0. The number of carbonyl (C=O) groups is 2. The first kappa shape index (κ1) is 18.6. The summed E-state index contributed by atoms with van der Waals surface area (Å²) in [6, 6.07) is 0. The average Bonchev–Trinajstić information content (AvgIpc) is 2.98. The van der Waals surface area contributed by atoms with Gasteiger partial charge in [-0.1, -0.05) is 0 Å². The quantitative estimate of drug-likeness (QED) is 0.773. The van der Waals surface area contributed by atoms with Gasteiger partial charge in [0.2, 0.25) is 5.67 Å². The van der Waals surface area contributed by atoms with Crippen LogP contribution in [0.15, 0.2) is 0 Å². The van der Waals surface area contributed by atoms with Gasteiger partial charge in [0.1, 0.15) is 5.60 Å². The molecule has 3 fully saturated rings. The van der Waals surface area contributed by atoms with Gasteiger partial charge in [-0.05, 0) is 47.5 Å². The summed E-state index contributed by atoms with van der Waals surface area (Å²) in [4.78, 5) is 28.6. The van der Waals surface area contributed by atoms with E-state index in [0.717, 1.165) is 0 Å². The molecule has 0 bridgehead atoms. The van der Waals surface area contributed by atoms with E-state index in [4.69, 9.17) is 4.74 Å². The van der Waals surface area contributed by atoms with Gasteiger partial charge in [-0.2, -0.15) is 0 Å². The van der Waals surface area contributed by atoms with E-state index in [1.165, 1.54) is 4.90 Å². The molecule has 3 aliphatic rings. The highest BCUT2D eigenvalue weighted by molar-refractivity contribution is 5.88. The maximum Gasteiger partial charge on any atom is 0.261 e. The van der Waals surface area contributed by atoms with Gasteiger partial charge in [-0.15, -0.1) is 0 Å². The molecule has 0 aliphatic carbocycles. The number of nitrogens with one attached hydrogen (secondary N) is 1. The van der Waals surface area contributed by atoms with E-state index in [9.17, 15) is 9.59 Å². The Morgan fingerprint density at radius 2 is 1.88 bits per heavy atom. The Bertz CT molecular complexity index is 589. The zero-order valence-corrected chi connectivity index (χ0v) is 15.9. The van der Waals surface area contributed by atoms with Gasteiger partial charge in [-0.25, -0.2) is 4.39 Å². The van der Waals surface area contributed by atoms with Gasteiger partial charge < -0.3 is 15.0 Å². The van der Waals surface area contributed by atoms with Crippen LogP contribution in [0.25, 0.3) is 0 Å². The minimum absolute atomic E-state index is 0.123. The lowest BCUT2D eigenvalue weighted by atomic mass is 9.97. The van der Waals surface area contributed by atoms with E-state index in [-0.39, 0.29) is 31.0 Å². The van der Waals surface area contributed by atoms with Gasteiger partial charge in [0.15, 0.2) is 5.72 Å². The Labute approximate surface area is 149 Å². The van der Waals surface area contributed by atoms with Crippen molar-refractivity contribution in [3.8, 4) is 0 Å². The summed E-state index contributed by atoms with van der Waals surface area (Å²) in [5.41, 5.74) is -3.82. The highest BCUT2D eigenvalue weighted by atomic mass is 19.1. The van der Waals surface area contributed by atoms with Crippen LogP contribution in [0.5, 0.6) is 0 Å². The van der Waals surface area contributed by atoms with E-state index < -0.39 is 22.9 Å². The third kappa shape index (κ3) is 3.28. The van der Waals surface area contributed by atoms with Gasteiger partial charge in [0.05, 0.1) is 6.54 Å². The number of rotatable bonds is 1. The van der Waals surface area contributed by atoms with Crippen molar-refractivity contribution in [1.82, 2.24) is 15.1 Å². The third-order valence-corrected chi connectivity index (χ3v) is 5.63. The monoisotopic (exact) mass is 355 g/mol. The second-order valence-electron chi connectivity index (χ2n) is 9.20. The molecule has 142 valence electrons. The molecule has 1 spiro atoms. The van der Waals surface area contributed by atoms with Crippen molar-refractivity contribution in [2.24, 2.45) is 0 Å². The predicted molar refractivity (Wildman–Crippen MR) is 91.6 cm³/mol. The molecule has 2 amide bonds. The summed E-state index contributed by atoms with van der Waals surface area (Å²) < 4.78 is 21.4. The van der Waals surface area contributed by atoms with Crippen LogP contribution in [-0.4, -0.2) is 70.3 Å². The smallest absolute Gasteiger partial charge is 0.261 e. The van der Waals surface area contributed by atoms with Crippen LogP contribution in [0.3, 0.4) is 0 Å². The summed E-state index contributed by atoms with van der Waals surface area (Å²) in [6.45, 7) is 10.9. The lowest BCUT2D eigenvalue weighted by Crippen LogP contribution is -2.60. The van der Waals surface area contributed by atoms with Crippen molar-refractivity contribution in [1.29, 1.82) is 0 Å². The van der Waals surface area contributed by atoms with Crippen molar-refractivity contribution in [2.75, 3.05) is 26.2 Å². The van der Waals surface area contributed by atoms with Crippen LogP contribution in [0.1, 0.15) is 53.9 Å². The predicted octanol–water partition coefficient (Wildman–Crippen LogP) is 1.44. The molecule has 0 aromatic rings. The number of likely N-dealkylation sites (tertiary alicyclic amines) is 2. The molecule has 7 heteroatoms. The Balaban J connectivity index is 1.72. The largest absolute Gasteiger partial charge is 0.338 e. The van der Waals surface area contributed by atoms with Crippen molar-refractivity contribution in [3.05, 3.63) is 0 Å². The van der Waals surface area contributed by atoms with Gasteiger partial charge in [-0.3, -0.25) is 14.5 Å². The normalized spacial score (nSPS) is 36.1. The van der Waals surface area contributed by atoms with Crippen molar-refractivity contribution in [3.63, 3.8) is 0 Å². The number of piperidine rings is 1. The van der Waals surface area contributed by atoms with E-state index in [0.29, 0.717) is 25.9 Å². The van der Waals surface area contributed by atoms with Gasteiger partial charge in [0, 0.05) is 31.6 Å². The highest BCUT2D eigenvalue weighted by Gasteiger charge is 2.55. The zero-order chi connectivity index (χ0) is 18.7. The minimum Gasteiger partial charge on any atom is -0.338 e. The molecule has 3 rings (SSSR count). The number of amides is 2. The van der Waals surface area contributed by atoms with Crippen LogP contribution >= 0.6 is 0 Å². The molecule has 0 radical (unpaired) electrons. The van der Waals surface area contributed by atoms with Crippen LogP contribution in [-0.2, 0) is 14.3 Å². The van der Waals surface area contributed by atoms with Gasteiger partial charge >= 0.3 is 0 Å². The van der Waals surface area contributed by atoms with Crippen LogP contribution < -0.4 is 5.32 Å². The lowest BCUT2D eigenvalue weighted by molar-refractivity contribution is -0.161. The Hall–Kier alpha value is -1.21. The maximum atomic E-state index is 15.4. The van der Waals surface area contributed by atoms with Crippen LogP contribution in [0.2, 0.25) is 0 Å². The van der Waals surface area contributed by atoms with Crippen molar-refractivity contribution in [2.45, 2.75) is 76.4 Å². The Morgan fingerprint density at radius 1 is 1.20 bits per heavy atom. The summed E-state index contributed by atoms with van der Waals surface area (Å²) in [5.74, 6) is -0.655. The molecular weight excluding hydrogens is 325 g/mol. The molecule has 2 unspecified atom stereocenters. The lowest BCUT2D eigenvalue weighted by Gasteiger charge is -2.42. The fourth-order valence-electron chi connectivity index (χ4n) is 4.10. The van der Waals surface area contributed by atoms with Crippen molar-refractivity contribution >= 4 is 11.8 Å². The molecule has 2 atom stereocenters. The number of hydrogen-bond acceptors (Lipinski definition) is 4. The molecule has 6 nitrogen and oxygen atoms in total. The van der Waals surface area contributed by atoms with Crippen LogP contribution in [0, 0.1) is 0 Å².